The minimum atomic E-state index is -0.169. The lowest BCUT2D eigenvalue weighted by atomic mass is 10.1. The van der Waals surface area contributed by atoms with E-state index in [9.17, 15) is 9.59 Å². The third kappa shape index (κ3) is 5.55. The highest BCUT2D eigenvalue weighted by Gasteiger charge is 2.25. The third-order valence-corrected chi connectivity index (χ3v) is 3.59. The van der Waals surface area contributed by atoms with E-state index >= 15 is 0 Å². The van der Waals surface area contributed by atoms with E-state index in [0.717, 1.165) is 12.8 Å². The predicted octanol–water partition coefficient (Wildman–Crippen LogP) is 0.584. The summed E-state index contributed by atoms with van der Waals surface area (Å²) in [6.45, 7) is 6.10. The lowest BCUT2D eigenvalue weighted by Gasteiger charge is -2.30. The maximum atomic E-state index is 11.5. The van der Waals surface area contributed by atoms with Gasteiger partial charge in [-0.3, -0.25) is 14.9 Å². The van der Waals surface area contributed by atoms with Gasteiger partial charge < -0.3 is 10.6 Å². The van der Waals surface area contributed by atoms with E-state index in [1.54, 1.807) is 6.08 Å². The lowest BCUT2D eigenvalue weighted by Crippen LogP contribution is -2.55. The third-order valence-electron chi connectivity index (χ3n) is 2.57. The summed E-state index contributed by atoms with van der Waals surface area (Å²) in [5, 5.41) is 8.86. The van der Waals surface area contributed by atoms with Crippen LogP contribution in [-0.2, 0) is 9.59 Å². The quantitative estimate of drug-likeness (QED) is 0.593. The maximum absolute atomic E-state index is 11.5. The van der Waals surface area contributed by atoms with Crippen molar-refractivity contribution in [1.29, 1.82) is 0 Å². The number of carbonyl (C=O) groups is 2. The van der Waals surface area contributed by atoms with Gasteiger partial charge in [0.25, 0.3) is 0 Å². The highest BCUT2D eigenvalue weighted by Crippen LogP contribution is 2.14. The largest absolute Gasteiger partial charge is 0.352 e. The van der Waals surface area contributed by atoms with Gasteiger partial charge in [0.15, 0.2) is 0 Å². The van der Waals surface area contributed by atoms with Crippen LogP contribution in [0.15, 0.2) is 12.7 Å². The first-order chi connectivity index (χ1) is 8.65. The summed E-state index contributed by atoms with van der Waals surface area (Å²) >= 11 is 1.40. The Morgan fingerprint density at radius 2 is 2.44 bits per heavy atom. The number of amides is 2. The Kier molecular flexibility index (Phi) is 6.82. The smallest absolute Gasteiger partial charge is 0.230 e. The van der Waals surface area contributed by atoms with Crippen LogP contribution >= 0.6 is 11.8 Å². The second-order valence-electron chi connectivity index (χ2n) is 4.21. The van der Waals surface area contributed by atoms with Crippen molar-refractivity contribution in [2.75, 3.05) is 12.3 Å². The summed E-state index contributed by atoms with van der Waals surface area (Å²) < 4.78 is 0. The van der Waals surface area contributed by atoms with Gasteiger partial charge in [-0.05, 0) is 6.42 Å². The van der Waals surface area contributed by atoms with Crippen LogP contribution in [0, 0.1) is 0 Å². The molecule has 1 aliphatic rings. The van der Waals surface area contributed by atoms with Gasteiger partial charge in [-0.25, -0.2) is 0 Å². The molecular formula is C12H21N3O2S. The molecule has 0 aromatic heterocycles. The number of hydrogen-bond acceptors (Lipinski definition) is 4. The van der Waals surface area contributed by atoms with Crippen molar-refractivity contribution >= 4 is 23.6 Å². The highest BCUT2D eigenvalue weighted by atomic mass is 32.2. The molecule has 18 heavy (non-hydrogen) atoms. The van der Waals surface area contributed by atoms with Crippen molar-refractivity contribution < 1.29 is 9.59 Å². The van der Waals surface area contributed by atoms with Gasteiger partial charge in [-0.1, -0.05) is 19.4 Å². The van der Waals surface area contributed by atoms with Gasteiger partial charge in [0.1, 0.15) is 5.50 Å². The van der Waals surface area contributed by atoms with Gasteiger partial charge in [0.2, 0.25) is 11.8 Å². The van der Waals surface area contributed by atoms with Crippen LogP contribution in [0.3, 0.4) is 0 Å². The van der Waals surface area contributed by atoms with Crippen molar-refractivity contribution in [3.8, 4) is 0 Å². The Hall–Kier alpha value is -1.01. The summed E-state index contributed by atoms with van der Waals surface area (Å²) in [6, 6.07) is 0.220. The molecule has 0 bridgehead atoms. The van der Waals surface area contributed by atoms with E-state index in [-0.39, 0.29) is 23.4 Å². The predicted molar refractivity (Wildman–Crippen MR) is 74.0 cm³/mol. The summed E-state index contributed by atoms with van der Waals surface area (Å²) in [5.74, 6) is 0.328. The average Bonchev–Trinajstić information content (AvgIpc) is 2.33. The minimum Gasteiger partial charge on any atom is -0.352 e. The molecule has 1 aliphatic heterocycles. The Balaban J connectivity index is 2.30. The number of rotatable bonds is 7. The second-order valence-corrected chi connectivity index (χ2v) is 5.30. The fraction of sp³-hybridized carbons (Fsp3) is 0.667. The molecule has 3 N–H and O–H groups in total. The fourth-order valence-corrected chi connectivity index (χ4v) is 2.69. The zero-order valence-corrected chi connectivity index (χ0v) is 11.5. The summed E-state index contributed by atoms with van der Waals surface area (Å²) in [4.78, 5) is 22.9. The molecule has 0 saturated carbocycles. The van der Waals surface area contributed by atoms with Crippen LogP contribution in [-0.4, -0.2) is 35.7 Å². The Labute approximate surface area is 112 Å². The highest BCUT2D eigenvalue weighted by molar-refractivity contribution is 8.00. The number of carbonyl (C=O) groups excluding carboxylic acids is 2. The van der Waals surface area contributed by atoms with Crippen molar-refractivity contribution in [3.05, 3.63) is 12.7 Å². The Bertz CT molecular complexity index is 310. The van der Waals surface area contributed by atoms with Gasteiger partial charge in [-0.2, -0.15) is 0 Å². The topological polar surface area (TPSA) is 70.2 Å². The normalized spacial score (nSPS) is 23.3. The lowest BCUT2D eigenvalue weighted by molar-refractivity contribution is -0.123. The van der Waals surface area contributed by atoms with E-state index in [0.29, 0.717) is 18.7 Å². The van der Waals surface area contributed by atoms with E-state index in [2.05, 4.69) is 29.5 Å². The first-order valence-electron chi connectivity index (χ1n) is 6.20. The van der Waals surface area contributed by atoms with Crippen LogP contribution < -0.4 is 16.0 Å². The first-order valence-corrected chi connectivity index (χ1v) is 7.25. The number of thioether (sulfide) groups is 1. The molecule has 0 aromatic carbocycles. The van der Waals surface area contributed by atoms with Crippen LogP contribution in [0.25, 0.3) is 0 Å². The van der Waals surface area contributed by atoms with E-state index < -0.39 is 0 Å². The standard InChI is InChI=1S/C12H21N3O2S/c1-3-5-9-7-10(16)15-12(14-9)18-8-11(17)13-6-4-2/h4,9,12,14H,2-3,5-8H2,1H3,(H,13,17)(H,15,16). The van der Waals surface area contributed by atoms with E-state index in [4.69, 9.17) is 0 Å². The van der Waals surface area contributed by atoms with Crippen LogP contribution in [0.4, 0.5) is 0 Å². The SMILES string of the molecule is C=CCNC(=O)CSC1NC(=O)CC(CCC)N1. The molecule has 1 saturated heterocycles. The summed E-state index contributed by atoms with van der Waals surface area (Å²) in [7, 11) is 0. The number of hydrogen-bond donors (Lipinski definition) is 3. The van der Waals surface area contributed by atoms with Gasteiger partial charge in [0, 0.05) is 19.0 Å². The van der Waals surface area contributed by atoms with Gasteiger partial charge in [0.05, 0.1) is 5.75 Å². The van der Waals surface area contributed by atoms with Crippen molar-refractivity contribution in [1.82, 2.24) is 16.0 Å². The molecule has 0 aromatic rings. The Morgan fingerprint density at radius 1 is 1.67 bits per heavy atom. The molecule has 2 unspecified atom stereocenters. The van der Waals surface area contributed by atoms with Gasteiger partial charge >= 0.3 is 0 Å². The summed E-state index contributed by atoms with van der Waals surface area (Å²) in [5.41, 5.74) is -0.169. The average molecular weight is 271 g/mol. The molecule has 102 valence electrons. The zero-order valence-electron chi connectivity index (χ0n) is 10.7. The molecule has 0 spiro atoms. The van der Waals surface area contributed by atoms with Crippen molar-refractivity contribution in [2.45, 2.75) is 37.7 Å². The maximum Gasteiger partial charge on any atom is 0.230 e. The fourth-order valence-electron chi connectivity index (χ4n) is 1.76. The summed E-state index contributed by atoms with van der Waals surface area (Å²) in [6.07, 6.45) is 4.18. The molecule has 2 atom stereocenters. The van der Waals surface area contributed by atoms with Crippen LogP contribution in [0.5, 0.6) is 0 Å². The van der Waals surface area contributed by atoms with Crippen molar-refractivity contribution in [3.63, 3.8) is 0 Å². The number of nitrogens with one attached hydrogen (secondary N) is 3. The molecule has 6 heteroatoms. The first kappa shape index (κ1) is 15.0. The Morgan fingerprint density at radius 3 is 3.11 bits per heavy atom. The van der Waals surface area contributed by atoms with E-state index in [1.165, 1.54) is 11.8 Å². The molecule has 1 rings (SSSR count). The molecule has 1 fully saturated rings. The molecule has 5 nitrogen and oxygen atoms in total. The van der Waals surface area contributed by atoms with Crippen molar-refractivity contribution in [2.24, 2.45) is 0 Å². The monoisotopic (exact) mass is 271 g/mol. The molecule has 1 heterocycles. The molecule has 0 aliphatic carbocycles. The van der Waals surface area contributed by atoms with Crippen LogP contribution in [0.2, 0.25) is 0 Å². The second kappa shape index (κ2) is 8.16. The molecule has 2 amide bonds. The van der Waals surface area contributed by atoms with Crippen LogP contribution in [0.1, 0.15) is 26.2 Å². The zero-order chi connectivity index (χ0) is 13.4. The molecular weight excluding hydrogens is 250 g/mol. The van der Waals surface area contributed by atoms with Gasteiger partial charge in [-0.15, -0.1) is 18.3 Å². The molecule has 0 radical (unpaired) electrons. The van der Waals surface area contributed by atoms with E-state index in [1.807, 2.05) is 0 Å². The minimum absolute atomic E-state index is 0.0476.